The van der Waals surface area contributed by atoms with E-state index in [9.17, 15) is 8.42 Å². The largest absolute Gasteiger partial charge is 0.241 e. The molecule has 1 aliphatic heterocycles. The summed E-state index contributed by atoms with van der Waals surface area (Å²) in [6.07, 6.45) is 2.37. The number of aliphatic imine (C=N–C) groups is 2. The topological polar surface area (TPSA) is 58.9 Å². The molecule has 1 aromatic rings. The van der Waals surface area contributed by atoms with Gasteiger partial charge in [0.2, 0.25) is 15.3 Å². The zero-order valence-electron chi connectivity index (χ0n) is 9.74. The van der Waals surface area contributed by atoms with E-state index in [2.05, 4.69) is 48.1 Å². The van der Waals surface area contributed by atoms with Gasteiger partial charge in [0.05, 0.1) is 6.21 Å². The molecule has 0 unspecified atom stereocenters. The van der Waals surface area contributed by atoms with E-state index in [1.54, 1.807) is 0 Å². The molecule has 1 aromatic carbocycles. The first-order valence-corrected chi connectivity index (χ1v) is 6.25. The van der Waals surface area contributed by atoms with E-state index in [-0.39, 0.29) is 4.99 Å². The Hall–Kier alpha value is -1.75. The number of benzene rings is 1. The number of rotatable bonds is 1. The second-order valence-electron chi connectivity index (χ2n) is 3.66. The van der Waals surface area contributed by atoms with Crippen molar-refractivity contribution >= 4 is 27.8 Å². The summed E-state index contributed by atoms with van der Waals surface area (Å²) in [5.74, 6) is 0.659. The summed E-state index contributed by atoms with van der Waals surface area (Å²) in [5, 5.41) is 0. The van der Waals surface area contributed by atoms with E-state index in [0.29, 0.717) is 5.92 Å². The Morgan fingerprint density at radius 3 is 2.06 bits per heavy atom. The smallest absolute Gasteiger partial charge is 0.241 e. The van der Waals surface area contributed by atoms with Crippen LogP contribution in [0.2, 0.25) is 0 Å². The molecule has 1 aliphatic rings. The van der Waals surface area contributed by atoms with Crippen LogP contribution in [0.25, 0.3) is 0 Å². The molecule has 0 saturated carbocycles. The van der Waals surface area contributed by atoms with Crippen LogP contribution in [-0.2, 0) is 10.3 Å². The average Bonchev–Trinajstić information content (AvgIpc) is 2.84. The van der Waals surface area contributed by atoms with Gasteiger partial charge in [-0.3, -0.25) is 0 Å². The van der Waals surface area contributed by atoms with E-state index in [4.69, 9.17) is 0 Å². The SMILES string of the molecule is CC(C)c1ccccc1.O=S(=O)=C1C=NC=N1. The van der Waals surface area contributed by atoms with Crippen LogP contribution in [0.1, 0.15) is 25.3 Å². The Morgan fingerprint density at radius 2 is 1.76 bits per heavy atom. The van der Waals surface area contributed by atoms with Crippen molar-refractivity contribution in [2.24, 2.45) is 9.98 Å². The van der Waals surface area contributed by atoms with Gasteiger partial charge in [0, 0.05) is 0 Å². The zero-order chi connectivity index (χ0) is 12.7. The summed E-state index contributed by atoms with van der Waals surface area (Å²) in [7, 11) is -2.22. The highest BCUT2D eigenvalue weighted by atomic mass is 32.2. The maximum absolute atomic E-state index is 9.96. The Morgan fingerprint density at radius 1 is 1.12 bits per heavy atom. The Labute approximate surface area is 102 Å². The maximum atomic E-state index is 9.96. The average molecular weight is 250 g/mol. The molecular formula is C12H14N2O2S. The van der Waals surface area contributed by atoms with Crippen molar-refractivity contribution in [3.8, 4) is 0 Å². The Bertz CT molecular complexity index is 521. The fourth-order valence-electron chi connectivity index (χ4n) is 1.14. The van der Waals surface area contributed by atoms with Gasteiger partial charge >= 0.3 is 0 Å². The van der Waals surface area contributed by atoms with Crippen LogP contribution in [0.5, 0.6) is 0 Å². The molecule has 0 fully saturated rings. The van der Waals surface area contributed by atoms with Crippen molar-refractivity contribution in [1.82, 2.24) is 0 Å². The van der Waals surface area contributed by atoms with Gasteiger partial charge in [-0.2, -0.15) is 8.42 Å². The molecule has 0 aliphatic carbocycles. The predicted octanol–water partition coefficient (Wildman–Crippen LogP) is 1.92. The number of hydrogen-bond donors (Lipinski definition) is 0. The molecule has 1 heterocycles. The third kappa shape index (κ3) is 4.74. The third-order valence-corrected chi connectivity index (χ3v) is 2.63. The molecule has 0 amide bonds. The minimum absolute atomic E-state index is 0.00926. The van der Waals surface area contributed by atoms with Crippen molar-refractivity contribution in [1.29, 1.82) is 0 Å². The highest BCUT2D eigenvalue weighted by molar-refractivity contribution is 7.74. The molecule has 17 heavy (non-hydrogen) atoms. The van der Waals surface area contributed by atoms with Gasteiger partial charge in [0.1, 0.15) is 6.34 Å². The number of nitrogens with zero attached hydrogens (tertiary/aromatic N) is 2. The quantitative estimate of drug-likeness (QED) is 0.715. The lowest BCUT2D eigenvalue weighted by atomic mass is 10.0. The van der Waals surface area contributed by atoms with Gasteiger partial charge in [-0.1, -0.05) is 44.2 Å². The fraction of sp³-hybridized carbons (Fsp3) is 0.250. The standard InChI is InChI=1S/C9H12.C3H2N2O2S/c1-8(2)9-6-4-3-5-7-9;6-8(7)3-1-4-2-5-3/h3-8H,1-2H3;1-2H. The van der Waals surface area contributed by atoms with E-state index < -0.39 is 10.3 Å². The summed E-state index contributed by atoms with van der Waals surface area (Å²) >= 11 is 0. The van der Waals surface area contributed by atoms with E-state index in [0.717, 1.165) is 0 Å². The molecule has 0 saturated heterocycles. The monoisotopic (exact) mass is 250 g/mol. The predicted molar refractivity (Wildman–Crippen MR) is 71.4 cm³/mol. The third-order valence-electron chi connectivity index (χ3n) is 2.07. The molecule has 0 atom stereocenters. The first-order valence-electron chi connectivity index (χ1n) is 5.18. The first-order chi connectivity index (χ1) is 8.11. The molecule has 0 radical (unpaired) electrons. The first kappa shape index (κ1) is 13.3. The summed E-state index contributed by atoms with van der Waals surface area (Å²) in [4.78, 5) is 6.82. The maximum Gasteiger partial charge on any atom is 0.241 e. The fourth-order valence-corrected chi connectivity index (χ4v) is 1.42. The van der Waals surface area contributed by atoms with Crippen LogP contribution in [-0.4, -0.2) is 26.0 Å². The van der Waals surface area contributed by atoms with Crippen molar-refractivity contribution in [2.45, 2.75) is 19.8 Å². The van der Waals surface area contributed by atoms with Gasteiger partial charge in [-0.05, 0) is 11.5 Å². The molecule has 0 N–H and O–H groups in total. The van der Waals surface area contributed by atoms with Crippen molar-refractivity contribution < 1.29 is 8.42 Å². The minimum atomic E-state index is -2.22. The minimum Gasteiger partial charge on any atom is -0.241 e. The van der Waals surface area contributed by atoms with Crippen molar-refractivity contribution in [3.63, 3.8) is 0 Å². The highest BCUT2D eigenvalue weighted by Crippen LogP contribution is 2.11. The highest BCUT2D eigenvalue weighted by Gasteiger charge is 1.95. The molecular weight excluding hydrogens is 236 g/mol. The normalized spacial score (nSPS) is 12.5. The molecule has 2 rings (SSSR count). The Balaban J connectivity index is 0.000000171. The van der Waals surface area contributed by atoms with Crippen LogP contribution in [0.3, 0.4) is 0 Å². The lowest BCUT2D eigenvalue weighted by Crippen LogP contribution is -1.89. The van der Waals surface area contributed by atoms with Gasteiger partial charge < -0.3 is 0 Å². The Kier molecular flexibility index (Phi) is 5.29. The van der Waals surface area contributed by atoms with E-state index in [1.807, 2.05) is 6.07 Å². The lowest BCUT2D eigenvalue weighted by Gasteiger charge is -2.01. The zero-order valence-corrected chi connectivity index (χ0v) is 10.6. The second-order valence-corrected chi connectivity index (χ2v) is 4.55. The summed E-state index contributed by atoms with van der Waals surface area (Å²) < 4.78 is 19.9. The van der Waals surface area contributed by atoms with Gasteiger partial charge in [0.15, 0.2) is 0 Å². The molecule has 4 nitrogen and oxygen atoms in total. The molecule has 0 bridgehead atoms. The van der Waals surface area contributed by atoms with Crippen LogP contribution in [0.4, 0.5) is 0 Å². The van der Waals surface area contributed by atoms with Crippen molar-refractivity contribution in [2.75, 3.05) is 0 Å². The van der Waals surface area contributed by atoms with Gasteiger partial charge in [0.25, 0.3) is 0 Å². The van der Waals surface area contributed by atoms with Crippen LogP contribution < -0.4 is 0 Å². The molecule has 5 heteroatoms. The van der Waals surface area contributed by atoms with Gasteiger partial charge in [-0.15, -0.1) is 0 Å². The molecule has 90 valence electrons. The van der Waals surface area contributed by atoms with E-state index >= 15 is 0 Å². The summed E-state index contributed by atoms with van der Waals surface area (Å²) in [5.41, 5.74) is 1.41. The van der Waals surface area contributed by atoms with Crippen LogP contribution in [0.15, 0.2) is 40.3 Å². The van der Waals surface area contributed by atoms with Gasteiger partial charge in [-0.25, -0.2) is 9.98 Å². The number of hydrogen-bond acceptors (Lipinski definition) is 3. The van der Waals surface area contributed by atoms with Crippen LogP contribution >= 0.6 is 0 Å². The van der Waals surface area contributed by atoms with E-state index in [1.165, 1.54) is 18.1 Å². The molecule has 0 spiro atoms. The lowest BCUT2D eigenvalue weighted by molar-refractivity contribution is 0.627. The van der Waals surface area contributed by atoms with Crippen molar-refractivity contribution in [3.05, 3.63) is 35.9 Å². The summed E-state index contributed by atoms with van der Waals surface area (Å²) in [6.45, 7) is 4.41. The van der Waals surface area contributed by atoms with Crippen LogP contribution in [0, 0.1) is 0 Å². The molecule has 0 aromatic heterocycles. The summed E-state index contributed by atoms with van der Waals surface area (Å²) in [6, 6.07) is 10.5. The second kappa shape index (κ2) is 6.75.